The number of hydrogen-bond donors (Lipinski definition) is 0. The van der Waals surface area contributed by atoms with E-state index in [0.717, 1.165) is 0 Å². The van der Waals surface area contributed by atoms with E-state index >= 15 is 0 Å². The molecule has 1 rings (SSSR count). The van der Waals surface area contributed by atoms with E-state index < -0.39 is 23.5 Å². The average Bonchev–Trinajstić information content (AvgIpc) is 2.21. The van der Waals surface area contributed by atoms with Crippen molar-refractivity contribution in [2.45, 2.75) is 19.5 Å². The number of alkyl halides is 3. The van der Waals surface area contributed by atoms with Crippen molar-refractivity contribution in [3.05, 3.63) is 34.1 Å². The normalized spacial score (nSPS) is 11.4. The van der Waals surface area contributed by atoms with Gasteiger partial charge in [-0.1, -0.05) is 11.6 Å². The Morgan fingerprint density at radius 2 is 2.00 bits per heavy atom. The Morgan fingerprint density at radius 3 is 2.50 bits per heavy atom. The maximum atomic E-state index is 13.2. The number of esters is 1. The zero-order chi connectivity index (χ0) is 13.9. The van der Waals surface area contributed by atoms with Gasteiger partial charge in [0.2, 0.25) is 0 Å². The van der Waals surface area contributed by atoms with Gasteiger partial charge in [0.25, 0.3) is 0 Å². The van der Waals surface area contributed by atoms with Crippen LogP contribution in [0.25, 0.3) is 0 Å². The lowest BCUT2D eigenvalue weighted by Gasteiger charge is -2.11. The summed E-state index contributed by atoms with van der Waals surface area (Å²) >= 11 is 5.58. The van der Waals surface area contributed by atoms with Gasteiger partial charge in [0.05, 0.1) is 18.6 Å². The maximum absolute atomic E-state index is 13.2. The van der Waals surface area contributed by atoms with Gasteiger partial charge < -0.3 is 4.74 Å². The predicted molar refractivity (Wildman–Crippen MR) is 56.7 cm³/mol. The monoisotopic (exact) mass is 284 g/mol. The molecule has 0 fully saturated rings. The number of carbonyl (C=O) groups excluding carboxylic acids is 1. The quantitative estimate of drug-likeness (QED) is 0.626. The number of hydrogen-bond acceptors (Lipinski definition) is 2. The first-order valence-electron chi connectivity index (χ1n) is 4.96. The van der Waals surface area contributed by atoms with Crippen LogP contribution in [0.5, 0.6) is 0 Å². The molecule has 0 unspecified atom stereocenters. The summed E-state index contributed by atoms with van der Waals surface area (Å²) in [4.78, 5) is 11.1. The van der Waals surface area contributed by atoms with Crippen molar-refractivity contribution < 1.29 is 27.1 Å². The van der Waals surface area contributed by atoms with Crippen molar-refractivity contribution in [2.24, 2.45) is 0 Å². The third kappa shape index (κ3) is 3.60. The van der Waals surface area contributed by atoms with Crippen LogP contribution < -0.4 is 0 Å². The number of carbonyl (C=O) groups is 1. The molecule has 2 nitrogen and oxygen atoms in total. The second-order valence-corrected chi connectivity index (χ2v) is 3.81. The minimum atomic E-state index is -4.82. The molecule has 0 atom stereocenters. The Kier molecular flexibility index (Phi) is 4.56. The lowest BCUT2D eigenvalue weighted by atomic mass is 10.1. The lowest BCUT2D eigenvalue weighted by molar-refractivity contribution is -0.142. The number of ether oxygens (including phenoxy) is 1. The molecule has 0 aliphatic rings. The summed E-state index contributed by atoms with van der Waals surface area (Å²) in [6, 6.07) is 1.06. The molecule has 7 heteroatoms. The minimum Gasteiger partial charge on any atom is -0.466 e. The van der Waals surface area contributed by atoms with Gasteiger partial charge in [-0.15, -0.1) is 0 Å². The van der Waals surface area contributed by atoms with Crippen molar-refractivity contribution >= 4 is 17.6 Å². The summed E-state index contributed by atoms with van der Waals surface area (Å²) in [6.45, 7) is 1.70. The van der Waals surface area contributed by atoms with Crippen molar-refractivity contribution in [3.63, 3.8) is 0 Å². The van der Waals surface area contributed by atoms with E-state index in [1.165, 1.54) is 0 Å². The molecule has 0 spiro atoms. The van der Waals surface area contributed by atoms with Crippen molar-refractivity contribution in [2.75, 3.05) is 6.61 Å². The van der Waals surface area contributed by atoms with Crippen LogP contribution in [0.2, 0.25) is 5.02 Å². The summed E-state index contributed by atoms with van der Waals surface area (Å²) in [5, 5.41) is -0.322. The van der Waals surface area contributed by atoms with Crippen LogP contribution in [0.1, 0.15) is 18.1 Å². The van der Waals surface area contributed by atoms with Crippen LogP contribution in [-0.2, 0) is 22.1 Å². The van der Waals surface area contributed by atoms with Crippen LogP contribution in [0, 0.1) is 5.82 Å². The Balaban J connectivity index is 3.04. The molecule has 0 aliphatic carbocycles. The van der Waals surface area contributed by atoms with Crippen LogP contribution in [0.4, 0.5) is 17.6 Å². The molecule has 1 aromatic carbocycles. The number of halogens is 5. The summed E-state index contributed by atoms with van der Waals surface area (Å²) in [6.07, 6.45) is -5.20. The van der Waals surface area contributed by atoms with E-state index in [1.54, 1.807) is 6.92 Å². The van der Waals surface area contributed by atoms with Crippen molar-refractivity contribution in [1.29, 1.82) is 0 Å². The Bertz CT molecular complexity index is 457. The second-order valence-electron chi connectivity index (χ2n) is 3.40. The molecule has 100 valence electrons. The maximum Gasteiger partial charge on any atom is 0.419 e. The summed E-state index contributed by atoms with van der Waals surface area (Å²) in [5.74, 6) is -2.15. The van der Waals surface area contributed by atoms with Crippen LogP contribution in [0.3, 0.4) is 0 Å². The minimum absolute atomic E-state index is 0.0411. The zero-order valence-electron chi connectivity index (χ0n) is 9.28. The molecule has 1 aromatic rings. The van der Waals surface area contributed by atoms with Gasteiger partial charge in [0.1, 0.15) is 5.82 Å². The van der Waals surface area contributed by atoms with E-state index in [4.69, 9.17) is 11.6 Å². The predicted octanol–water partition coefficient (Wildman–Crippen LogP) is 3.60. The van der Waals surface area contributed by atoms with Crippen LogP contribution >= 0.6 is 11.6 Å². The average molecular weight is 285 g/mol. The highest BCUT2D eigenvalue weighted by Crippen LogP contribution is 2.34. The van der Waals surface area contributed by atoms with E-state index in [-0.39, 0.29) is 23.6 Å². The number of benzene rings is 1. The summed E-state index contributed by atoms with van der Waals surface area (Å²) in [7, 11) is 0. The smallest absolute Gasteiger partial charge is 0.419 e. The standard InChI is InChI=1S/C11H9ClF4O2/c1-2-18-10(17)4-6-3-9(13)7(5-8(6)12)11(14,15)16/h3,5H,2,4H2,1H3. The first kappa shape index (κ1) is 14.8. The SMILES string of the molecule is CCOC(=O)Cc1cc(F)c(C(F)(F)F)cc1Cl. The topological polar surface area (TPSA) is 26.3 Å². The fourth-order valence-electron chi connectivity index (χ4n) is 1.31. The summed E-state index contributed by atoms with van der Waals surface area (Å²) in [5.41, 5.74) is -1.50. The highest BCUT2D eigenvalue weighted by Gasteiger charge is 2.34. The third-order valence-corrected chi connectivity index (χ3v) is 2.43. The number of rotatable bonds is 3. The van der Waals surface area contributed by atoms with E-state index in [9.17, 15) is 22.4 Å². The van der Waals surface area contributed by atoms with Gasteiger partial charge in [0, 0.05) is 5.02 Å². The fourth-order valence-corrected chi connectivity index (χ4v) is 1.54. The molecule has 0 amide bonds. The second kappa shape index (κ2) is 5.56. The molecule has 18 heavy (non-hydrogen) atoms. The van der Waals surface area contributed by atoms with E-state index in [0.29, 0.717) is 12.1 Å². The lowest BCUT2D eigenvalue weighted by Crippen LogP contribution is -2.11. The first-order valence-corrected chi connectivity index (χ1v) is 5.34. The molecule has 0 radical (unpaired) electrons. The molecule has 0 saturated heterocycles. The molecular weight excluding hydrogens is 276 g/mol. The zero-order valence-corrected chi connectivity index (χ0v) is 10.0. The molecule has 0 saturated carbocycles. The highest BCUT2D eigenvalue weighted by atomic mass is 35.5. The Morgan fingerprint density at radius 1 is 1.39 bits per heavy atom. The largest absolute Gasteiger partial charge is 0.466 e. The van der Waals surface area contributed by atoms with Gasteiger partial charge in [-0.05, 0) is 24.6 Å². The highest BCUT2D eigenvalue weighted by molar-refractivity contribution is 6.31. The Labute approximate surface area is 105 Å². The van der Waals surface area contributed by atoms with Crippen molar-refractivity contribution in [3.8, 4) is 0 Å². The molecule has 0 bridgehead atoms. The van der Waals surface area contributed by atoms with Crippen LogP contribution in [-0.4, -0.2) is 12.6 Å². The van der Waals surface area contributed by atoms with Gasteiger partial charge in [-0.3, -0.25) is 4.79 Å². The first-order chi connectivity index (χ1) is 8.25. The molecule has 0 N–H and O–H groups in total. The molecule has 0 aromatic heterocycles. The van der Waals surface area contributed by atoms with Gasteiger partial charge >= 0.3 is 12.1 Å². The van der Waals surface area contributed by atoms with Crippen LogP contribution in [0.15, 0.2) is 12.1 Å². The molecule has 0 aliphatic heterocycles. The van der Waals surface area contributed by atoms with Gasteiger partial charge in [-0.2, -0.15) is 13.2 Å². The summed E-state index contributed by atoms with van der Waals surface area (Å²) < 4.78 is 54.9. The molecular formula is C11H9ClF4O2. The third-order valence-electron chi connectivity index (χ3n) is 2.08. The molecule has 0 heterocycles. The van der Waals surface area contributed by atoms with Gasteiger partial charge in [0.15, 0.2) is 0 Å². The Hall–Kier alpha value is -1.30. The fraction of sp³-hybridized carbons (Fsp3) is 0.364. The van der Waals surface area contributed by atoms with Gasteiger partial charge in [-0.25, -0.2) is 4.39 Å². The van der Waals surface area contributed by atoms with E-state index in [2.05, 4.69) is 4.74 Å². The van der Waals surface area contributed by atoms with E-state index in [1.807, 2.05) is 0 Å². The van der Waals surface area contributed by atoms with Crippen molar-refractivity contribution in [1.82, 2.24) is 0 Å².